The second-order valence-electron chi connectivity index (χ2n) is 4.40. The predicted molar refractivity (Wildman–Crippen MR) is 54.4 cm³/mol. The predicted octanol–water partition coefficient (Wildman–Crippen LogP) is 3.10. The molecule has 0 heterocycles. The smallest absolute Gasteiger partial charge is 0.0153 e. The zero-order valence-electron chi connectivity index (χ0n) is 8.66. The van der Waals surface area contributed by atoms with Crippen LogP contribution in [0.3, 0.4) is 0 Å². The summed E-state index contributed by atoms with van der Waals surface area (Å²) in [5.41, 5.74) is 0.494. The molecule has 0 amide bonds. The Balaban J connectivity index is 2.05. The van der Waals surface area contributed by atoms with E-state index in [2.05, 4.69) is 19.2 Å². The van der Waals surface area contributed by atoms with E-state index in [1.807, 2.05) is 0 Å². The van der Waals surface area contributed by atoms with Gasteiger partial charge in [-0.25, -0.2) is 0 Å². The number of hydrogen-bond donors (Lipinski definition) is 1. The molecule has 1 N–H and O–H groups in total. The van der Waals surface area contributed by atoms with Crippen molar-refractivity contribution in [3.8, 4) is 0 Å². The Morgan fingerprint density at radius 1 is 1.17 bits per heavy atom. The van der Waals surface area contributed by atoms with Crippen molar-refractivity contribution in [1.82, 2.24) is 5.32 Å². The quantitative estimate of drug-likeness (QED) is 0.624. The Morgan fingerprint density at radius 2 is 1.83 bits per heavy atom. The molecule has 0 spiro atoms. The summed E-state index contributed by atoms with van der Waals surface area (Å²) in [6.45, 7) is 5.87. The highest BCUT2D eigenvalue weighted by Gasteiger charge is 2.26. The van der Waals surface area contributed by atoms with Gasteiger partial charge >= 0.3 is 0 Å². The van der Waals surface area contributed by atoms with Gasteiger partial charge < -0.3 is 5.32 Å². The maximum Gasteiger partial charge on any atom is 0.0153 e. The zero-order chi connectivity index (χ0) is 8.86. The van der Waals surface area contributed by atoms with Crippen LogP contribution in [0.2, 0.25) is 0 Å². The minimum Gasteiger partial charge on any atom is -0.312 e. The van der Waals surface area contributed by atoms with Crippen LogP contribution in [-0.4, -0.2) is 12.1 Å². The molecule has 1 saturated carbocycles. The van der Waals surface area contributed by atoms with Gasteiger partial charge in [0.1, 0.15) is 0 Å². The van der Waals surface area contributed by atoms with Crippen LogP contribution < -0.4 is 5.32 Å². The molecule has 0 atom stereocenters. The molecule has 1 aliphatic rings. The Bertz CT molecular complexity index is 114. The van der Waals surface area contributed by atoms with Crippen LogP contribution in [0.25, 0.3) is 0 Å². The van der Waals surface area contributed by atoms with Gasteiger partial charge in [0.05, 0.1) is 0 Å². The van der Waals surface area contributed by atoms with Crippen molar-refractivity contribution in [1.29, 1.82) is 0 Å². The average molecular weight is 169 g/mol. The van der Waals surface area contributed by atoms with Gasteiger partial charge in [-0.1, -0.05) is 32.6 Å². The van der Waals surface area contributed by atoms with Gasteiger partial charge in [0.2, 0.25) is 0 Å². The van der Waals surface area contributed by atoms with Crippen LogP contribution in [0.4, 0.5) is 0 Å². The first kappa shape index (κ1) is 10.0. The molecular formula is C11H23N. The number of rotatable bonds is 5. The van der Waals surface area contributed by atoms with E-state index in [1.54, 1.807) is 0 Å². The van der Waals surface area contributed by atoms with E-state index in [1.165, 1.54) is 51.5 Å². The molecule has 1 rings (SSSR count). The van der Waals surface area contributed by atoms with Gasteiger partial charge in [0.25, 0.3) is 0 Å². The third-order valence-electron chi connectivity index (χ3n) is 3.04. The minimum atomic E-state index is 0.494. The fourth-order valence-electron chi connectivity index (χ4n) is 2.10. The van der Waals surface area contributed by atoms with E-state index in [-0.39, 0.29) is 0 Å². The first-order valence-corrected chi connectivity index (χ1v) is 5.52. The molecule has 0 aliphatic heterocycles. The highest BCUT2D eigenvalue weighted by Crippen LogP contribution is 2.28. The molecule has 0 unspecified atom stereocenters. The highest BCUT2D eigenvalue weighted by atomic mass is 15.0. The number of nitrogens with one attached hydrogen (secondary N) is 1. The SMILES string of the molecule is CCCCCNC1(C)CCCC1. The molecule has 1 aliphatic carbocycles. The maximum atomic E-state index is 3.69. The van der Waals surface area contributed by atoms with Crippen LogP contribution in [0.5, 0.6) is 0 Å². The summed E-state index contributed by atoms with van der Waals surface area (Å²) in [5.74, 6) is 0. The summed E-state index contributed by atoms with van der Waals surface area (Å²) >= 11 is 0. The molecule has 0 aromatic carbocycles. The molecule has 1 heteroatoms. The molecule has 1 fully saturated rings. The fourth-order valence-corrected chi connectivity index (χ4v) is 2.10. The van der Waals surface area contributed by atoms with Gasteiger partial charge in [0, 0.05) is 5.54 Å². The molecule has 0 radical (unpaired) electrons. The van der Waals surface area contributed by atoms with Gasteiger partial charge in [-0.2, -0.15) is 0 Å². The van der Waals surface area contributed by atoms with Crippen molar-refractivity contribution >= 4 is 0 Å². The normalized spacial score (nSPS) is 21.5. The lowest BCUT2D eigenvalue weighted by Crippen LogP contribution is -2.39. The van der Waals surface area contributed by atoms with Crippen LogP contribution in [0, 0.1) is 0 Å². The summed E-state index contributed by atoms with van der Waals surface area (Å²) in [5, 5.41) is 3.69. The largest absolute Gasteiger partial charge is 0.312 e. The van der Waals surface area contributed by atoms with Crippen molar-refractivity contribution in [2.24, 2.45) is 0 Å². The number of hydrogen-bond acceptors (Lipinski definition) is 1. The minimum absolute atomic E-state index is 0.494. The highest BCUT2D eigenvalue weighted by molar-refractivity contribution is 4.87. The second kappa shape index (κ2) is 4.86. The van der Waals surface area contributed by atoms with Crippen molar-refractivity contribution in [3.05, 3.63) is 0 Å². The lowest BCUT2D eigenvalue weighted by atomic mass is 10.0. The lowest BCUT2D eigenvalue weighted by molar-refractivity contribution is 0.360. The summed E-state index contributed by atoms with van der Waals surface area (Å²) in [7, 11) is 0. The van der Waals surface area contributed by atoms with Gasteiger partial charge in [-0.15, -0.1) is 0 Å². The van der Waals surface area contributed by atoms with Crippen molar-refractivity contribution < 1.29 is 0 Å². The molecule has 0 aromatic heterocycles. The van der Waals surface area contributed by atoms with E-state index < -0.39 is 0 Å². The molecular weight excluding hydrogens is 146 g/mol. The Labute approximate surface area is 76.9 Å². The van der Waals surface area contributed by atoms with E-state index in [0.29, 0.717) is 5.54 Å². The third-order valence-corrected chi connectivity index (χ3v) is 3.04. The van der Waals surface area contributed by atoms with Crippen molar-refractivity contribution in [2.45, 2.75) is 64.3 Å². The van der Waals surface area contributed by atoms with Crippen LogP contribution in [-0.2, 0) is 0 Å². The third kappa shape index (κ3) is 3.14. The van der Waals surface area contributed by atoms with Gasteiger partial charge in [-0.05, 0) is 32.7 Å². The fraction of sp³-hybridized carbons (Fsp3) is 1.00. The lowest BCUT2D eigenvalue weighted by Gasteiger charge is -2.25. The van der Waals surface area contributed by atoms with E-state index in [0.717, 1.165) is 0 Å². The molecule has 12 heavy (non-hydrogen) atoms. The summed E-state index contributed by atoms with van der Waals surface area (Å²) < 4.78 is 0. The standard InChI is InChI=1S/C11H23N/c1-3-4-7-10-12-11(2)8-5-6-9-11/h12H,3-10H2,1-2H3. The molecule has 72 valence electrons. The zero-order valence-corrected chi connectivity index (χ0v) is 8.66. The molecule has 1 nitrogen and oxygen atoms in total. The summed E-state index contributed by atoms with van der Waals surface area (Å²) in [6, 6.07) is 0. The number of unbranched alkanes of at least 4 members (excludes halogenated alkanes) is 2. The summed E-state index contributed by atoms with van der Waals surface area (Å²) in [4.78, 5) is 0. The molecule has 0 aromatic rings. The molecule has 0 bridgehead atoms. The van der Waals surface area contributed by atoms with Crippen LogP contribution in [0.15, 0.2) is 0 Å². The van der Waals surface area contributed by atoms with E-state index in [9.17, 15) is 0 Å². The Morgan fingerprint density at radius 3 is 2.42 bits per heavy atom. The van der Waals surface area contributed by atoms with Crippen LogP contribution in [0.1, 0.15) is 58.8 Å². The van der Waals surface area contributed by atoms with E-state index >= 15 is 0 Å². The molecule has 0 saturated heterocycles. The summed E-state index contributed by atoms with van der Waals surface area (Å²) in [6.07, 6.45) is 9.69. The van der Waals surface area contributed by atoms with Crippen molar-refractivity contribution in [2.75, 3.05) is 6.54 Å². The average Bonchev–Trinajstić information content (AvgIpc) is 2.47. The van der Waals surface area contributed by atoms with E-state index in [4.69, 9.17) is 0 Å². The van der Waals surface area contributed by atoms with Gasteiger partial charge in [-0.3, -0.25) is 0 Å². The second-order valence-corrected chi connectivity index (χ2v) is 4.40. The van der Waals surface area contributed by atoms with Crippen molar-refractivity contribution in [3.63, 3.8) is 0 Å². The first-order chi connectivity index (χ1) is 5.77. The Kier molecular flexibility index (Phi) is 4.07. The topological polar surface area (TPSA) is 12.0 Å². The monoisotopic (exact) mass is 169 g/mol. The maximum absolute atomic E-state index is 3.69. The first-order valence-electron chi connectivity index (χ1n) is 5.52. The van der Waals surface area contributed by atoms with Gasteiger partial charge in [0.15, 0.2) is 0 Å². The Hall–Kier alpha value is -0.0400. The van der Waals surface area contributed by atoms with Crippen LogP contribution >= 0.6 is 0 Å².